The number of aromatic nitrogens is 3. The van der Waals surface area contributed by atoms with E-state index in [1.165, 1.54) is 12.3 Å². The number of nitrogens with one attached hydrogen (secondary N) is 2. The maximum Gasteiger partial charge on any atom is 0.279 e. The van der Waals surface area contributed by atoms with Crippen LogP contribution in [0.2, 0.25) is 0 Å². The molecule has 0 saturated heterocycles. The molecule has 2 N–H and O–H groups in total. The van der Waals surface area contributed by atoms with Crippen molar-refractivity contribution in [2.75, 3.05) is 5.32 Å². The van der Waals surface area contributed by atoms with Gasteiger partial charge in [0.05, 0.1) is 6.26 Å². The van der Waals surface area contributed by atoms with Gasteiger partial charge in [-0.1, -0.05) is 19.0 Å². The van der Waals surface area contributed by atoms with Crippen molar-refractivity contribution < 1.29 is 13.7 Å². The number of nitrogens with zero attached hydrogens (tertiary/aromatic N) is 2. The highest BCUT2D eigenvalue weighted by Gasteiger charge is 2.16. The van der Waals surface area contributed by atoms with Crippen molar-refractivity contribution in [2.24, 2.45) is 0 Å². The maximum atomic E-state index is 12.1. The van der Waals surface area contributed by atoms with E-state index in [9.17, 15) is 4.79 Å². The summed E-state index contributed by atoms with van der Waals surface area (Å²) in [6.07, 6.45) is 1.52. The average molecular weight is 286 g/mol. The smallest absolute Gasteiger partial charge is 0.279 e. The van der Waals surface area contributed by atoms with Gasteiger partial charge in [-0.05, 0) is 18.1 Å². The molecule has 0 aromatic carbocycles. The highest BCUT2D eigenvalue weighted by molar-refractivity contribution is 6.02. The molecule has 3 rings (SSSR count). The first-order chi connectivity index (χ1) is 10.1. The summed E-state index contributed by atoms with van der Waals surface area (Å²) in [5.74, 6) is 1.28. The van der Waals surface area contributed by atoms with Crippen molar-refractivity contribution in [1.29, 1.82) is 0 Å². The van der Waals surface area contributed by atoms with Gasteiger partial charge in [0.15, 0.2) is 17.3 Å². The minimum absolute atomic E-state index is 0.162. The van der Waals surface area contributed by atoms with Gasteiger partial charge in [-0.15, -0.1) is 0 Å². The number of amides is 1. The topological polar surface area (TPSA) is 97.0 Å². The number of hydrogen-bond donors (Lipinski definition) is 2. The first-order valence-corrected chi connectivity index (χ1v) is 6.50. The second-order valence-corrected chi connectivity index (χ2v) is 4.87. The van der Waals surface area contributed by atoms with Crippen molar-refractivity contribution in [2.45, 2.75) is 19.8 Å². The molecule has 0 aliphatic rings. The molecular formula is C14H14N4O3. The summed E-state index contributed by atoms with van der Waals surface area (Å²) in [4.78, 5) is 12.1. The Kier molecular flexibility index (Phi) is 3.31. The molecule has 3 aromatic rings. The van der Waals surface area contributed by atoms with Crippen LogP contribution in [0.5, 0.6) is 0 Å². The van der Waals surface area contributed by atoms with Crippen LogP contribution in [0.3, 0.4) is 0 Å². The number of aromatic amines is 1. The predicted molar refractivity (Wildman–Crippen MR) is 74.8 cm³/mol. The number of rotatable bonds is 4. The zero-order chi connectivity index (χ0) is 14.8. The molecular weight excluding hydrogens is 272 g/mol. The van der Waals surface area contributed by atoms with Crippen LogP contribution in [0, 0.1) is 0 Å². The minimum atomic E-state index is -0.390. The summed E-state index contributed by atoms with van der Waals surface area (Å²) in [5.41, 5.74) is 1.11. The van der Waals surface area contributed by atoms with Gasteiger partial charge in [-0.25, -0.2) is 0 Å². The molecule has 7 nitrogen and oxygen atoms in total. The standard InChI is InChI=1S/C14H14N4O3/c1-8(2)9-7-13(17-16-9)15-14(19)10-6-12(21-18-10)11-4-3-5-20-11/h3-8H,1-2H3,(H2,15,16,17,19). The first-order valence-electron chi connectivity index (χ1n) is 6.50. The highest BCUT2D eigenvalue weighted by Crippen LogP contribution is 2.21. The van der Waals surface area contributed by atoms with Gasteiger partial charge >= 0.3 is 0 Å². The molecule has 0 fully saturated rings. The molecule has 0 bridgehead atoms. The molecule has 3 aromatic heterocycles. The van der Waals surface area contributed by atoms with Crippen molar-refractivity contribution in [3.63, 3.8) is 0 Å². The van der Waals surface area contributed by atoms with E-state index in [1.54, 1.807) is 18.2 Å². The summed E-state index contributed by atoms with van der Waals surface area (Å²) in [7, 11) is 0. The molecule has 0 aliphatic heterocycles. The molecule has 108 valence electrons. The number of furan rings is 1. The van der Waals surface area contributed by atoms with E-state index in [4.69, 9.17) is 8.94 Å². The molecule has 0 saturated carbocycles. The third-order valence-electron chi connectivity index (χ3n) is 2.97. The lowest BCUT2D eigenvalue weighted by atomic mass is 10.1. The predicted octanol–water partition coefficient (Wildman–Crippen LogP) is 3.03. The highest BCUT2D eigenvalue weighted by atomic mass is 16.5. The van der Waals surface area contributed by atoms with E-state index in [2.05, 4.69) is 20.7 Å². The number of carbonyl (C=O) groups excluding carboxylic acids is 1. The van der Waals surface area contributed by atoms with Crippen LogP contribution in [-0.2, 0) is 0 Å². The van der Waals surface area contributed by atoms with E-state index in [0.717, 1.165) is 5.69 Å². The van der Waals surface area contributed by atoms with E-state index >= 15 is 0 Å². The summed E-state index contributed by atoms with van der Waals surface area (Å²) < 4.78 is 10.3. The Bertz CT molecular complexity index is 740. The molecule has 3 heterocycles. The Labute approximate surface area is 120 Å². The summed E-state index contributed by atoms with van der Waals surface area (Å²) in [6.45, 7) is 4.07. The van der Waals surface area contributed by atoms with E-state index in [0.29, 0.717) is 23.3 Å². The Balaban J connectivity index is 1.73. The first kappa shape index (κ1) is 13.2. The van der Waals surface area contributed by atoms with Gasteiger partial charge in [0.2, 0.25) is 5.76 Å². The molecule has 0 aliphatic carbocycles. The van der Waals surface area contributed by atoms with Gasteiger partial charge in [0, 0.05) is 17.8 Å². The molecule has 0 unspecified atom stereocenters. The van der Waals surface area contributed by atoms with Gasteiger partial charge in [-0.2, -0.15) is 5.10 Å². The van der Waals surface area contributed by atoms with Crippen LogP contribution < -0.4 is 5.32 Å². The number of H-pyrrole nitrogens is 1. The van der Waals surface area contributed by atoms with Gasteiger partial charge < -0.3 is 14.3 Å². The second-order valence-electron chi connectivity index (χ2n) is 4.87. The van der Waals surface area contributed by atoms with E-state index in [1.807, 2.05) is 13.8 Å². The quantitative estimate of drug-likeness (QED) is 0.768. The number of anilines is 1. The van der Waals surface area contributed by atoms with Crippen LogP contribution in [-0.4, -0.2) is 21.3 Å². The Morgan fingerprint density at radius 1 is 1.33 bits per heavy atom. The fourth-order valence-corrected chi connectivity index (χ4v) is 1.79. The van der Waals surface area contributed by atoms with Gasteiger partial charge in [-0.3, -0.25) is 9.89 Å². The normalized spacial score (nSPS) is 11.0. The van der Waals surface area contributed by atoms with Crippen LogP contribution in [0.1, 0.15) is 35.9 Å². The van der Waals surface area contributed by atoms with Crippen molar-refractivity contribution in [3.8, 4) is 11.5 Å². The van der Waals surface area contributed by atoms with E-state index < -0.39 is 5.91 Å². The molecule has 7 heteroatoms. The lowest BCUT2D eigenvalue weighted by Gasteiger charge is -1.97. The second kappa shape index (κ2) is 5.28. The van der Waals surface area contributed by atoms with Crippen molar-refractivity contribution in [1.82, 2.24) is 15.4 Å². The van der Waals surface area contributed by atoms with E-state index in [-0.39, 0.29) is 5.69 Å². The molecule has 21 heavy (non-hydrogen) atoms. The summed E-state index contributed by atoms with van der Waals surface area (Å²) in [5, 5.41) is 13.3. The Morgan fingerprint density at radius 2 is 2.19 bits per heavy atom. The SMILES string of the molecule is CC(C)c1cc(NC(=O)c2cc(-c3ccco3)on2)n[nH]1. The largest absolute Gasteiger partial charge is 0.461 e. The fraction of sp³-hybridized carbons (Fsp3) is 0.214. The maximum absolute atomic E-state index is 12.1. The average Bonchev–Trinajstić information content (AvgIpc) is 3.19. The van der Waals surface area contributed by atoms with Crippen LogP contribution in [0.25, 0.3) is 11.5 Å². The Hall–Kier alpha value is -2.83. The van der Waals surface area contributed by atoms with Crippen molar-refractivity contribution in [3.05, 3.63) is 41.9 Å². The lowest BCUT2D eigenvalue weighted by molar-refractivity contribution is 0.101. The third kappa shape index (κ3) is 2.71. The Morgan fingerprint density at radius 3 is 2.86 bits per heavy atom. The van der Waals surface area contributed by atoms with Gasteiger partial charge in [0.25, 0.3) is 5.91 Å². The fourth-order valence-electron chi connectivity index (χ4n) is 1.79. The molecule has 0 atom stereocenters. The summed E-state index contributed by atoms with van der Waals surface area (Å²) >= 11 is 0. The zero-order valence-electron chi connectivity index (χ0n) is 11.6. The van der Waals surface area contributed by atoms with Crippen LogP contribution in [0.15, 0.2) is 39.5 Å². The van der Waals surface area contributed by atoms with Crippen LogP contribution in [0.4, 0.5) is 5.82 Å². The molecule has 0 spiro atoms. The zero-order valence-corrected chi connectivity index (χ0v) is 11.6. The number of carbonyl (C=O) groups is 1. The van der Waals surface area contributed by atoms with Crippen LogP contribution >= 0.6 is 0 Å². The lowest BCUT2D eigenvalue weighted by Crippen LogP contribution is -2.12. The third-order valence-corrected chi connectivity index (χ3v) is 2.97. The monoisotopic (exact) mass is 286 g/mol. The number of hydrogen-bond acceptors (Lipinski definition) is 5. The minimum Gasteiger partial charge on any atom is -0.461 e. The van der Waals surface area contributed by atoms with Gasteiger partial charge in [0.1, 0.15) is 0 Å². The molecule has 1 amide bonds. The van der Waals surface area contributed by atoms with Crippen molar-refractivity contribution >= 4 is 11.7 Å². The summed E-state index contributed by atoms with van der Waals surface area (Å²) in [6, 6.07) is 6.76. The molecule has 0 radical (unpaired) electrons.